The predicted octanol–water partition coefficient (Wildman–Crippen LogP) is 2.66. The molecule has 1 aromatic heterocycles. The van der Waals surface area contributed by atoms with Crippen molar-refractivity contribution in [2.24, 2.45) is 5.84 Å². The molecule has 0 unspecified atom stereocenters. The lowest BCUT2D eigenvalue weighted by molar-refractivity contribution is 0.0954. The van der Waals surface area contributed by atoms with Crippen molar-refractivity contribution in [3.8, 4) is 5.75 Å². The SMILES string of the molecule is Cc1[nH]c2ccc(OCc3ccccc3)cc2c1C(=O)NN. The fraction of sp³-hybridized carbons (Fsp3) is 0.118. The van der Waals surface area contributed by atoms with Gasteiger partial charge >= 0.3 is 0 Å². The minimum Gasteiger partial charge on any atom is -0.489 e. The first-order valence-electron chi connectivity index (χ1n) is 6.99. The molecule has 0 saturated heterocycles. The molecule has 0 radical (unpaired) electrons. The molecule has 0 aliphatic heterocycles. The number of ether oxygens (including phenoxy) is 1. The molecule has 4 N–H and O–H groups in total. The lowest BCUT2D eigenvalue weighted by atomic mass is 10.1. The van der Waals surface area contributed by atoms with Crippen molar-refractivity contribution in [1.29, 1.82) is 0 Å². The zero-order valence-corrected chi connectivity index (χ0v) is 12.2. The molecular weight excluding hydrogens is 278 g/mol. The van der Waals surface area contributed by atoms with Gasteiger partial charge in [0.1, 0.15) is 12.4 Å². The van der Waals surface area contributed by atoms with Crippen LogP contribution < -0.4 is 16.0 Å². The molecule has 5 heteroatoms. The fourth-order valence-electron chi connectivity index (χ4n) is 2.50. The highest BCUT2D eigenvalue weighted by Crippen LogP contribution is 2.26. The van der Waals surface area contributed by atoms with Gasteiger partial charge in [-0.05, 0) is 30.7 Å². The first-order valence-corrected chi connectivity index (χ1v) is 6.99. The molecule has 1 heterocycles. The zero-order valence-electron chi connectivity index (χ0n) is 12.2. The number of benzene rings is 2. The Hall–Kier alpha value is -2.79. The van der Waals surface area contributed by atoms with Gasteiger partial charge in [0, 0.05) is 16.6 Å². The first-order chi connectivity index (χ1) is 10.7. The van der Waals surface area contributed by atoms with Crippen LogP contribution in [0, 0.1) is 6.92 Å². The van der Waals surface area contributed by atoms with Gasteiger partial charge in [-0.15, -0.1) is 0 Å². The molecule has 0 aliphatic carbocycles. The van der Waals surface area contributed by atoms with Crippen molar-refractivity contribution in [2.75, 3.05) is 0 Å². The highest BCUT2D eigenvalue weighted by molar-refractivity contribution is 6.08. The predicted molar refractivity (Wildman–Crippen MR) is 85.5 cm³/mol. The van der Waals surface area contributed by atoms with Crippen LogP contribution in [0.4, 0.5) is 0 Å². The van der Waals surface area contributed by atoms with E-state index in [1.807, 2.05) is 55.5 Å². The number of aryl methyl sites for hydroxylation is 1. The summed E-state index contributed by atoms with van der Waals surface area (Å²) in [5.74, 6) is 5.65. The van der Waals surface area contributed by atoms with Gasteiger partial charge in [0.15, 0.2) is 0 Å². The quantitative estimate of drug-likeness (QED) is 0.393. The number of nitrogen functional groups attached to an aromatic ring is 1. The summed E-state index contributed by atoms with van der Waals surface area (Å²) >= 11 is 0. The number of carbonyl (C=O) groups excluding carboxylic acids is 1. The number of carbonyl (C=O) groups is 1. The van der Waals surface area contributed by atoms with Crippen molar-refractivity contribution < 1.29 is 9.53 Å². The summed E-state index contributed by atoms with van der Waals surface area (Å²) in [5, 5.41) is 0.797. The number of amides is 1. The topological polar surface area (TPSA) is 80.1 Å². The lowest BCUT2D eigenvalue weighted by Crippen LogP contribution is -2.30. The Labute approximate surface area is 128 Å². The maximum Gasteiger partial charge on any atom is 0.267 e. The van der Waals surface area contributed by atoms with Gasteiger partial charge in [-0.2, -0.15) is 0 Å². The lowest BCUT2D eigenvalue weighted by Gasteiger charge is -2.07. The van der Waals surface area contributed by atoms with Gasteiger partial charge in [0.25, 0.3) is 5.91 Å². The summed E-state index contributed by atoms with van der Waals surface area (Å²) in [5.41, 5.74) is 5.47. The van der Waals surface area contributed by atoms with Crippen molar-refractivity contribution >= 4 is 16.8 Å². The minimum atomic E-state index is -0.316. The summed E-state index contributed by atoms with van der Waals surface area (Å²) in [6, 6.07) is 15.6. The molecule has 1 amide bonds. The Bertz CT molecular complexity index is 809. The normalized spacial score (nSPS) is 10.6. The van der Waals surface area contributed by atoms with Gasteiger partial charge in [0.2, 0.25) is 0 Å². The summed E-state index contributed by atoms with van der Waals surface area (Å²) in [7, 11) is 0. The molecule has 0 fully saturated rings. The van der Waals surface area contributed by atoms with Gasteiger partial charge in [-0.3, -0.25) is 10.2 Å². The Morgan fingerprint density at radius 1 is 1.23 bits per heavy atom. The van der Waals surface area contributed by atoms with E-state index in [0.29, 0.717) is 17.9 Å². The van der Waals surface area contributed by atoms with Crippen LogP contribution in [0.25, 0.3) is 10.9 Å². The number of aromatic nitrogens is 1. The molecule has 0 atom stereocenters. The molecule has 0 spiro atoms. The van der Waals surface area contributed by atoms with Crippen molar-refractivity contribution in [3.05, 3.63) is 65.4 Å². The molecule has 0 aliphatic rings. The van der Waals surface area contributed by atoms with Crippen LogP contribution in [0.2, 0.25) is 0 Å². The van der Waals surface area contributed by atoms with Crippen LogP contribution in [0.3, 0.4) is 0 Å². The van der Waals surface area contributed by atoms with E-state index in [4.69, 9.17) is 10.6 Å². The molecule has 0 saturated carbocycles. The number of hydrazine groups is 1. The molecule has 22 heavy (non-hydrogen) atoms. The van der Waals surface area contributed by atoms with Gasteiger partial charge in [0.05, 0.1) is 5.56 Å². The second kappa shape index (κ2) is 5.91. The number of nitrogens with two attached hydrogens (primary N) is 1. The minimum absolute atomic E-state index is 0.316. The van der Waals surface area contributed by atoms with Crippen LogP contribution in [-0.2, 0) is 6.61 Å². The van der Waals surface area contributed by atoms with Crippen LogP contribution >= 0.6 is 0 Å². The largest absolute Gasteiger partial charge is 0.489 e. The van der Waals surface area contributed by atoms with Crippen LogP contribution in [0.1, 0.15) is 21.6 Å². The average Bonchev–Trinajstić information content (AvgIpc) is 2.88. The van der Waals surface area contributed by atoms with E-state index in [0.717, 1.165) is 22.2 Å². The Balaban J connectivity index is 1.90. The van der Waals surface area contributed by atoms with E-state index in [1.54, 1.807) is 0 Å². The second-order valence-corrected chi connectivity index (χ2v) is 5.08. The summed E-state index contributed by atoms with van der Waals surface area (Å²) in [6.45, 7) is 2.32. The van der Waals surface area contributed by atoms with E-state index >= 15 is 0 Å². The van der Waals surface area contributed by atoms with Crippen molar-refractivity contribution in [2.45, 2.75) is 13.5 Å². The van der Waals surface area contributed by atoms with E-state index in [-0.39, 0.29) is 5.91 Å². The molecule has 2 aromatic carbocycles. The maximum absolute atomic E-state index is 11.9. The number of aromatic amines is 1. The number of hydrogen-bond acceptors (Lipinski definition) is 3. The molecule has 3 rings (SSSR count). The number of nitrogens with one attached hydrogen (secondary N) is 2. The molecule has 5 nitrogen and oxygen atoms in total. The highest BCUT2D eigenvalue weighted by Gasteiger charge is 2.15. The average molecular weight is 295 g/mol. The third-order valence-electron chi connectivity index (χ3n) is 3.56. The van der Waals surface area contributed by atoms with Gasteiger partial charge < -0.3 is 9.72 Å². The number of rotatable bonds is 4. The molecule has 112 valence electrons. The van der Waals surface area contributed by atoms with Gasteiger partial charge in [-0.25, -0.2) is 5.84 Å². The Kier molecular flexibility index (Phi) is 3.80. The first kappa shape index (κ1) is 14.2. The number of H-pyrrole nitrogens is 1. The van der Waals surface area contributed by atoms with E-state index < -0.39 is 0 Å². The van der Waals surface area contributed by atoms with Crippen LogP contribution in [-0.4, -0.2) is 10.9 Å². The molecule has 0 bridgehead atoms. The van der Waals surface area contributed by atoms with E-state index in [2.05, 4.69) is 10.4 Å². The van der Waals surface area contributed by atoms with Crippen molar-refractivity contribution in [1.82, 2.24) is 10.4 Å². The van der Waals surface area contributed by atoms with Crippen molar-refractivity contribution in [3.63, 3.8) is 0 Å². The summed E-state index contributed by atoms with van der Waals surface area (Å²) < 4.78 is 5.80. The molecule has 3 aromatic rings. The third-order valence-corrected chi connectivity index (χ3v) is 3.56. The fourth-order valence-corrected chi connectivity index (χ4v) is 2.50. The molecular formula is C17H17N3O2. The number of fused-ring (bicyclic) bond motifs is 1. The third kappa shape index (κ3) is 2.66. The second-order valence-electron chi connectivity index (χ2n) is 5.08. The number of hydrogen-bond donors (Lipinski definition) is 3. The zero-order chi connectivity index (χ0) is 15.5. The maximum atomic E-state index is 11.9. The van der Waals surface area contributed by atoms with E-state index in [1.165, 1.54) is 0 Å². The van der Waals surface area contributed by atoms with Crippen LogP contribution in [0.5, 0.6) is 5.75 Å². The summed E-state index contributed by atoms with van der Waals surface area (Å²) in [6.07, 6.45) is 0. The Morgan fingerprint density at radius 2 is 2.00 bits per heavy atom. The highest BCUT2D eigenvalue weighted by atomic mass is 16.5. The van der Waals surface area contributed by atoms with Crippen LogP contribution in [0.15, 0.2) is 48.5 Å². The smallest absolute Gasteiger partial charge is 0.267 e. The summed E-state index contributed by atoms with van der Waals surface area (Å²) in [4.78, 5) is 15.1. The Morgan fingerprint density at radius 3 is 2.73 bits per heavy atom. The van der Waals surface area contributed by atoms with Gasteiger partial charge in [-0.1, -0.05) is 30.3 Å². The van der Waals surface area contributed by atoms with E-state index in [9.17, 15) is 4.79 Å². The monoisotopic (exact) mass is 295 g/mol. The standard InChI is InChI=1S/C17H17N3O2/c1-11-16(17(21)20-18)14-9-13(7-8-15(14)19-11)22-10-12-5-3-2-4-6-12/h2-9,19H,10,18H2,1H3,(H,20,21).